The van der Waals surface area contributed by atoms with E-state index in [2.05, 4.69) is 5.10 Å². The fourth-order valence-electron chi connectivity index (χ4n) is 1.30. The number of fused-ring (bicyclic) bond motifs is 1. The molecule has 0 aliphatic heterocycles. The number of aromatic nitrogens is 2. The number of nitrogens with zero attached hydrogens (tertiary/aromatic N) is 2. The highest BCUT2D eigenvalue weighted by Crippen LogP contribution is 2.20. The lowest BCUT2D eigenvalue weighted by molar-refractivity contribution is 0.0615. The summed E-state index contributed by atoms with van der Waals surface area (Å²) in [5.41, 5.74) is 1.44. The summed E-state index contributed by atoms with van der Waals surface area (Å²) >= 11 is 0. The summed E-state index contributed by atoms with van der Waals surface area (Å²) in [6.45, 7) is -0.707. The van der Waals surface area contributed by atoms with E-state index in [9.17, 15) is 8.78 Å². The molecule has 0 N–H and O–H groups in total. The molecule has 0 radical (unpaired) electrons. The van der Waals surface area contributed by atoms with Crippen molar-refractivity contribution in [1.29, 1.82) is 0 Å². The summed E-state index contributed by atoms with van der Waals surface area (Å²) < 4.78 is 25.4. The molecule has 1 aromatic heterocycles. The van der Waals surface area contributed by atoms with Gasteiger partial charge in [0.05, 0.1) is 11.7 Å². The molecule has 2 nitrogen and oxygen atoms in total. The van der Waals surface area contributed by atoms with Crippen molar-refractivity contribution < 1.29 is 8.78 Å². The second kappa shape index (κ2) is 2.80. The van der Waals surface area contributed by atoms with Crippen molar-refractivity contribution in [2.24, 2.45) is 0 Å². The van der Waals surface area contributed by atoms with Crippen LogP contribution in [-0.4, -0.2) is 9.78 Å². The number of hydrogen-bond donors (Lipinski definition) is 0. The van der Waals surface area contributed by atoms with Crippen molar-refractivity contribution in [2.45, 2.75) is 13.5 Å². The third-order valence-electron chi connectivity index (χ3n) is 1.94. The van der Waals surface area contributed by atoms with E-state index in [4.69, 9.17) is 0 Å². The van der Waals surface area contributed by atoms with Gasteiger partial charge in [0.25, 0.3) is 0 Å². The maximum Gasteiger partial charge on any atom is 0.333 e. The molecule has 0 saturated heterocycles. The highest BCUT2D eigenvalue weighted by atomic mass is 19.3. The predicted molar refractivity (Wildman–Crippen MR) is 45.7 cm³/mol. The Bertz CT molecular complexity index is 434. The first kappa shape index (κ1) is 8.16. The Hall–Kier alpha value is -1.45. The number of alkyl halides is 2. The van der Waals surface area contributed by atoms with E-state index < -0.39 is 6.55 Å². The molecular formula is C9H8F2N2. The lowest BCUT2D eigenvalue weighted by Gasteiger charge is -2.00. The van der Waals surface area contributed by atoms with Crippen LogP contribution in [0.2, 0.25) is 0 Å². The molecule has 68 valence electrons. The van der Waals surface area contributed by atoms with Crippen LogP contribution in [0, 0.1) is 6.92 Å². The largest absolute Gasteiger partial charge is 0.333 e. The van der Waals surface area contributed by atoms with Crippen molar-refractivity contribution in [1.82, 2.24) is 9.78 Å². The third-order valence-corrected chi connectivity index (χ3v) is 1.94. The Morgan fingerprint density at radius 1 is 1.38 bits per heavy atom. The first-order chi connectivity index (χ1) is 6.18. The van der Waals surface area contributed by atoms with Gasteiger partial charge in [-0.25, -0.2) is 4.68 Å². The second-order valence-electron chi connectivity index (χ2n) is 2.93. The molecule has 0 unspecified atom stereocenters. The highest BCUT2D eigenvalue weighted by molar-refractivity contribution is 5.79. The van der Waals surface area contributed by atoms with E-state index in [1.807, 2.05) is 13.0 Å². The van der Waals surface area contributed by atoms with Gasteiger partial charge in [-0.3, -0.25) is 0 Å². The number of rotatable bonds is 1. The van der Waals surface area contributed by atoms with Crippen LogP contribution in [0.15, 0.2) is 24.4 Å². The van der Waals surface area contributed by atoms with Crippen LogP contribution in [-0.2, 0) is 0 Å². The van der Waals surface area contributed by atoms with E-state index >= 15 is 0 Å². The Kier molecular flexibility index (Phi) is 1.76. The van der Waals surface area contributed by atoms with Gasteiger partial charge in [0, 0.05) is 5.39 Å². The minimum absolute atomic E-state index is 0.481. The maximum absolute atomic E-state index is 12.4. The molecule has 0 bridgehead atoms. The van der Waals surface area contributed by atoms with Crippen molar-refractivity contribution in [3.63, 3.8) is 0 Å². The number of aryl methyl sites for hydroxylation is 1. The minimum atomic E-state index is -2.57. The van der Waals surface area contributed by atoms with E-state index in [-0.39, 0.29) is 0 Å². The maximum atomic E-state index is 12.4. The average molecular weight is 182 g/mol. The molecule has 0 saturated carbocycles. The summed E-state index contributed by atoms with van der Waals surface area (Å²) in [6.07, 6.45) is 1.45. The smallest absolute Gasteiger partial charge is 0.204 e. The summed E-state index contributed by atoms with van der Waals surface area (Å²) in [5, 5.41) is 4.34. The molecule has 13 heavy (non-hydrogen) atoms. The summed E-state index contributed by atoms with van der Waals surface area (Å²) in [6, 6.07) is 5.37. The molecular weight excluding hydrogens is 174 g/mol. The lowest BCUT2D eigenvalue weighted by atomic mass is 10.2. The number of hydrogen-bond acceptors (Lipinski definition) is 1. The van der Waals surface area contributed by atoms with Crippen LogP contribution in [0.5, 0.6) is 0 Å². The van der Waals surface area contributed by atoms with Crippen molar-refractivity contribution in [3.8, 4) is 0 Å². The zero-order valence-corrected chi connectivity index (χ0v) is 7.04. The molecule has 1 heterocycles. The SMILES string of the molecule is Cc1ccc2cnn(C(F)F)c2c1. The topological polar surface area (TPSA) is 17.8 Å². The molecule has 1 aromatic carbocycles. The van der Waals surface area contributed by atoms with Gasteiger partial charge in [-0.2, -0.15) is 13.9 Å². The minimum Gasteiger partial charge on any atom is -0.204 e. The van der Waals surface area contributed by atoms with Gasteiger partial charge in [0.2, 0.25) is 0 Å². The molecule has 0 aliphatic rings. The van der Waals surface area contributed by atoms with Crippen molar-refractivity contribution in [3.05, 3.63) is 30.0 Å². The van der Waals surface area contributed by atoms with E-state index in [1.54, 1.807) is 12.1 Å². The van der Waals surface area contributed by atoms with Crippen LogP contribution in [0.1, 0.15) is 12.1 Å². The fourth-order valence-corrected chi connectivity index (χ4v) is 1.30. The van der Waals surface area contributed by atoms with Crippen LogP contribution in [0.3, 0.4) is 0 Å². The van der Waals surface area contributed by atoms with Gasteiger partial charge < -0.3 is 0 Å². The highest BCUT2D eigenvalue weighted by Gasteiger charge is 2.10. The standard InChI is InChI=1S/C9H8F2N2/c1-6-2-3-7-5-12-13(9(10)11)8(7)4-6/h2-5,9H,1H3. The molecule has 0 spiro atoms. The summed E-state index contributed by atoms with van der Waals surface area (Å²) in [7, 11) is 0. The third kappa shape index (κ3) is 1.28. The Labute approximate surface area is 73.8 Å². The van der Waals surface area contributed by atoms with Crippen LogP contribution in [0.4, 0.5) is 8.78 Å². The summed E-state index contributed by atoms with van der Waals surface area (Å²) in [4.78, 5) is 0. The molecule has 0 amide bonds. The quantitative estimate of drug-likeness (QED) is 0.663. The van der Waals surface area contributed by atoms with Gasteiger partial charge in [0.15, 0.2) is 0 Å². The van der Waals surface area contributed by atoms with Gasteiger partial charge in [-0.15, -0.1) is 0 Å². The molecule has 0 aliphatic carbocycles. The molecule has 4 heteroatoms. The first-order valence-electron chi connectivity index (χ1n) is 3.90. The van der Waals surface area contributed by atoms with Gasteiger partial charge >= 0.3 is 6.55 Å². The van der Waals surface area contributed by atoms with Crippen LogP contribution < -0.4 is 0 Å². The number of halogens is 2. The molecule has 0 atom stereocenters. The van der Waals surface area contributed by atoms with Gasteiger partial charge in [0.1, 0.15) is 0 Å². The van der Waals surface area contributed by atoms with E-state index in [0.717, 1.165) is 15.6 Å². The van der Waals surface area contributed by atoms with Crippen LogP contribution in [0.25, 0.3) is 10.9 Å². The zero-order valence-electron chi connectivity index (χ0n) is 7.04. The Balaban J connectivity index is 2.71. The zero-order chi connectivity index (χ0) is 9.42. The van der Waals surface area contributed by atoms with Crippen LogP contribution >= 0.6 is 0 Å². The normalized spacial score (nSPS) is 11.4. The summed E-state index contributed by atoms with van der Waals surface area (Å²) in [5.74, 6) is 0. The average Bonchev–Trinajstić information content (AvgIpc) is 2.46. The van der Waals surface area contributed by atoms with Crippen molar-refractivity contribution in [2.75, 3.05) is 0 Å². The molecule has 2 aromatic rings. The second-order valence-corrected chi connectivity index (χ2v) is 2.93. The number of benzene rings is 1. The van der Waals surface area contributed by atoms with Crippen molar-refractivity contribution >= 4 is 10.9 Å². The first-order valence-corrected chi connectivity index (χ1v) is 3.90. The van der Waals surface area contributed by atoms with E-state index in [1.165, 1.54) is 6.20 Å². The van der Waals surface area contributed by atoms with Gasteiger partial charge in [-0.05, 0) is 18.6 Å². The molecule has 0 fully saturated rings. The monoisotopic (exact) mass is 182 g/mol. The van der Waals surface area contributed by atoms with E-state index in [0.29, 0.717) is 5.52 Å². The predicted octanol–water partition coefficient (Wildman–Crippen LogP) is 2.74. The molecule has 2 rings (SSSR count). The van der Waals surface area contributed by atoms with Gasteiger partial charge in [-0.1, -0.05) is 12.1 Å². The lowest BCUT2D eigenvalue weighted by Crippen LogP contribution is -1.99. The fraction of sp³-hybridized carbons (Fsp3) is 0.222. The Morgan fingerprint density at radius 3 is 2.85 bits per heavy atom. The Morgan fingerprint density at radius 2 is 2.15 bits per heavy atom.